The first-order chi connectivity index (χ1) is 13.6. The first-order valence-corrected chi connectivity index (χ1v) is 9.24. The molecule has 0 aliphatic carbocycles. The summed E-state index contributed by atoms with van der Waals surface area (Å²) >= 11 is 6.20. The lowest BCUT2D eigenvalue weighted by atomic mass is 10.1. The third kappa shape index (κ3) is 4.89. The number of hydrogen-bond donors (Lipinski definition) is 1. The Balaban J connectivity index is 1.54. The van der Waals surface area contributed by atoms with Gasteiger partial charge in [0.25, 0.3) is 0 Å². The molecule has 1 N–H and O–H groups in total. The third-order valence-corrected chi connectivity index (χ3v) is 4.49. The summed E-state index contributed by atoms with van der Waals surface area (Å²) in [4.78, 5) is 12.1. The second kappa shape index (κ2) is 9.37. The lowest BCUT2D eigenvalue weighted by Crippen LogP contribution is -2.23. The summed E-state index contributed by atoms with van der Waals surface area (Å²) in [5.41, 5.74) is 1.81. The molecule has 0 unspecified atom stereocenters. The fraction of sp³-hybridized carbons (Fsp3) is 0.286. The van der Waals surface area contributed by atoms with Crippen molar-refractivity contribution >= 4 is 23.6 Å². The Morgan fingerprint density at radius 3 is 2.71 bits per heavy atom. The maximum atomic E-state index is 12.1. The summed E-state index contributed by atoms with van der Waals surface area (Å²) in [5, 5.41) is 3.32. The smallest absolute Gasteiger partial charge is 0.244 e. The number of halogens is 1. The molecule has 0 saturated carbocycles. The first-order valence-electron chi connectivity index (χ1n) is 8.86. The molecule has 1 aliphatic rings. The Hall–Kier alpha value is -2.86. The summed E-state index contributed by atoms with van der Waals surface area (Å²) in [7, 11) is 3.19. The summed E-state index contributed by atoms with van der Waals surface area (Å²) in [6.45, 7) is 1.46. The van der Waals surface area contributed by atoms with Gasteiger partial charge in [-0.1, -0.05) is 17.7 Å². The van der Waals surface area contributed by atoms with Crippen LogP contribution >= 0.6 is 11.6 Å². The molecule has 2 aromatic carbocycles. The van der Waals surface area contributed by atoms with Crippen LogP contribution in [0.1, 0.15) is 11.1 Å². The monoisotopic (exact) mass is 403 g/mol. The summed E-state index contributed by atoms with van der Waals surface area (Å²) in [6.07, 6.45) is 3.84. The molecular weight excluding hydrogens is 382 g/mol. The van der Waals surface area contributed by atoms with Gasteiger partial charge in [-0.15, -0.1) is 0 Å². The van der Waals surface area contributed by atoms with Gasteiger partial charge in [0.05, 0.1) is 19.2 Å². The van der Waals surface area contributed by atoms with E-state index in [2.05, 4.69) is 5.32 Å². The Kier molecular flexibility index (Phi) is 6.66. The molecule has 28 heavy (non-hydrogen) atoms. The van der Waals surface area contributed by atoms with E-state index in [1.165, 1.54) is 6.08 Å². The molecule has 0 bridgehead atoms. The van der Waals surface area contributed by atoms with Crippen LogP contribution in [-0.2, 0) is 11.2 Å². The van der Waals surface area contributed by atoms with Crippen LogP contribution in [0, 0.1) is 0 Å². The number of benzene rings is 2. The van der Waals surface area contributed by atoms with Gasteiger partial charge >= 0.3 is 0 Å². The average molecular weight is 404 g/mol. The van der Waals surface area contributed by atoms with E-state index in [1.54, 1.807) is 32.4 Å². The van der Waals surface area contributed by atoms with Gasteiger partial charge in [0, 0.05) is 12.6 Å². The molecule has 0 aromatic heterocycles. The van der Waals surface area contributed by atoms with Crippen LogP contribution in [0.5, 0.6) is 23.0 Å². The van der Waals surface area contributed by atoms with Gasteiger partial charge in [-0.2, -0.15) is 0 Å². The van der Waals surface area contributed by atoms with Gasteiger partial charge in [-0.3, -0.25) is 4.79 Å². The second-order valence-corrected chi connectivity index (χ2v) is 6.50. The minimum absolute atomic E-state index is 0.188. The molecule has 2 aromatic rings. The van der Waals surface area contributed by atoms with Crippen LogP contribution in [0.4, 0.5) is 0 Å². The van der Waals surface area contributed by atoms with Gasteiger partial charge < -0.3 is 24.3 Å². The van der Waals surface area contributed by atoms with Crippen molar-refractivity contribution in [1.29, 1.82) is 0 Å². The summed E-state index contributed by atoms with van der Waals surface area (Å²) < 4.78 is 21.5. The third-order valence-electron chi connectivity index (χ3n) is 4.21. The van der Waals surface area contributed by atoms with Crippen molar-refractivity contribution in [2.75, 3.05) is 34.0 Å². The zero-order chi connectivity index (χ0) is 19.9. The SMILES string of the molecule is COc1ccc(CCNC(=O)/C=C/c2cc(Cl)c3c(c2)OCCO3)cc1OC. The molecule has 1 aliphatic heterocycles. The van der Waals surface area contributed by atoms with E-state index in [9.17, 15) is 4.79 Å². The van der Waals surface area contributed by atoms with Crippen LogP contribution < -0.4 is 24.3 Å². The number of ether oxygens (including phenoxy) is 4. The highest BCUT2D eigenvalue weighted by Gasteiger charge is 2.16. The van der Waals surface area contributed by atoms with E-state index in [-0.39, 0.29) is 5.91 Å². The van der Waals surface area contributed by atoms with Crippen LogP contribution in [0.3, 0.4) is 0 Å². The number of nitrogens with one attached hydrogen (secondary N) is 1. The van der Waals surface area contributed by atoms with E-state index >= 15 is 0 Å². The Morgan fingerprint density at radius 2 is 1.93 bits per heavy atom. The van der Waals surface area contributed by atoms with Crippen molar-refractivity contribution < 1.29 is 23.7 Å². The number of hydrogen-bond acceptors (Lipinski definition) is 5. The molecule has 0 saturated heterocycles. The zero-order valence-electron chi connectivity index (χ0n) is 15.8. The van der Waals surface area contributed by atoms with E-state index in [4.69, 9.17) is 30.5 Å². The van der Waals surface area contributed by atoms with Gasteiger partial charge in [-0.05, 0) is 47.9 Å². The van der Waals surface area contributed by atoms with Crippen molar-refractivity contribution in [1.82, 2.24) is 5.32 Å². The maximum absolute atomic E-state index is 12.1. The normalized spacial score (nSPS) is 12.7. The van der Waals surface area contributed by atoms with Crippen LogP contribution in [-0.4, -0.2) is 39.9 Å². The van der Waals surface area contributed by atoms with Gasteiger partial charge in [0.2, 0.25) is 5.91 Å². The number of methoxy groups -OCH3 is 2. The Morgan fingerprint density at radius 1 is 1.14 bits per heavy atom. The van der Waals surface area contributed by atoms with Gasteiger partial charge in [0.1, 0.15) is 13.2 Å². The predicted molar refractivity (Wildman–Crippen MR) is 108 cm³/mol. The second-order valence-electron chi connectivity index (χ2n) is 6.09. The number of carbonyl (C=O) groups is 1. The van der Waals surface area contributed by atoms with Crippen LogP contribution in [0.15, 0.2) is 36.4 Å². The lowest BCUT2D eigenvalue weighted by molar-refractivity contribution is -0.116. The predicted octanol–water partition coefficient (Wildman–Crippen LogP) is 3.50. The fourth-order valence-electron chi connectivity index (χ4n) is 2.82. The average Bonchev–Trinajstić information content (AvgIpc) is 2.72. The molecule has 148 valence electrons. The van der Waals surface area contributed by atoms with Crippen molar-refractivity contribution in [3.8, 4) is 23.0 Å². The highest BCUT2D eigenvalue weighted by molar-refractivity contribution is 6.32. The molecule has 1 amide bonds. The van der Waals surface area contributed by atoms with E-state index in [1.807, 2.05) is 18.2 Å². The molecule has 0 atom stereocenters. The fourth-order valence-corrected chi connectivity index (χ4v) is 3.10. The molecular formula is C21H22ClNO5. The van der Waals surface area contributed by atoms with Crippen molar-refractivity contribution in [3.05, 3.63) is 52.6 Å². The van der Waals surface area contributed by atoms with E-state index < -0.39 is 0 Å². The van der Waals surface area contributed by atoms with Crippen LogP contribution in [0.2, 0.25) is 5.02 Å². The molecule has 0 fully saturated rings. The number of amides is 1. The quantitative estimate of drug-likeness (QED) is 0.717. The van der Waals surface area contributed by atoms with E-state index in [0.717, 1.165) is 11.1 Å². The minimum Gasteiger partial charge on any atom is -0.493 e. The molecule has 3 rings (SSSR count). The van der Waals surface area contributed by atoms with Crippen molar-refractivity contribution in [2.24, 2.45) is 0 Å². The molecule has 0 radical (unpaired) electrons. The maximum Gasteiger partial charge on any atom is 0.244 e. The number of rotatable bonds is 7. The number of carbonyl (C=O) groups excluding carboxylic acids is 1. The van der Waals surface area contributed by atoms with Crippen molar-refractivity contribution in [2.45, 2.75) is 6.42 Å². The lowest BCUT2D eigenvalue weighted by Gasteiger charge is -2.19. The summed E-state index contributed by atoms with van der Waals surface area (Å²) in [6, 6.07) is 9.23. The largest absolute Gasteiger partial charge is 0.493 e. The zero-order valence-corrected chi connectivity index (χ0v) is 16.5. The van der Waals surface area contributed by atoms with Gasteiger partial charge in [-0.25, -0.2) is 0 Å². The van der Waals surface area contributed by atoms with Crippen LogP contribution in [0.25, 0.3) is 6.08 Å². The first kappa shape index (κ1) is 19.9. The summed E-state index contributed by atoms with van der Waals surface area (Å²) in [5.74, 6) is 2.29. The number of fused-ring (bicyclic) bond motifs is 1. The van der Waals surface area contributed by atoms with Gasteiger partial charge in [0.15, 0.2) is 23.0 Å². The molecule has 0 spiro atoms. The molecule has 7 heteroatoms. The Bertz CT molecular complexity index is 881. The van der Waals surface area contributed by atoms with E-state index in [0.29, 0.717) is 54.2 Å². The topological polar surface area (TPSA) is 66.0 Å². The van der Waals surface area contributed by atoms with Crippen molar-refractivity contribution in [3.63, 3.8) is 0 Å². The highest BCUT2D eigenvalue weighted by atomic mass is 35.5. The molecule has 6 nitrogen and oxygen atoms in total. The standard InChI is InChI=1S/C21H22ClNO5/c1-25-17-5-3-14(12-18(17)26-2)7-8-23-20(24)6-4-15-11-16(22)21-19(13-15)27-9-10-28-21/h3-6,11-13H,7-10H2,1-2H3,(H,23,24)/b6-4+. The Labute approximate surface area is 169 Å². The highest BCUT2D eigenvalue weighted by Crippen LogP contribution is 2.38. The molecule has 1 heterocycles. The minimum atomic E-state index is -0.188.